The maximum Gasteiger partial charge on any atom is 0.269 e. The average Bonchev–Trinajstić information content (AvgIpc) is 2.57. The highest BCUT2D eigenvalue weighted by Gasteiger charge is 2.46. The van der Waals surface area contributed by atoms with Crippen molar-refractivity contribution in [3.63, 3.8) is 0 Å². The molecule has 128 valence electrons. The zero-order valence-electron chi connectivity index (χ0n) is 12.7. The summed E-state index contributed by atoms with van der Waals surface area (Å²) in [4.78, 5) is 23.6. The van der Waals surface area contributed by atoms with E-state index in [1.165, 1.54) is 18.2 Å². The monoisotopic (exact) mass is 338 g/mol. The summed E-state index contributed by atoms with van der Waals surface area (Å²) in [5.41, 5.74) is -0.971. The average molecular weight is 338 g/mol. The van der Waals surface area contributed by atoms with Gasteiger partial charge in [0, 0.05) is 5.56 Å². The summed E-state index contributed by atoms with van der Waals surface area (Å²) >= 11 is 0. The van der Waals surface area contributed by atoms with Gasteiger partial charge in [-0.1, -0.05) is 18.1 Å². The number of rotatable bonds is 6. The Morgan fingerprint density at radius 1 is 1.33 bits per heavy atom. The molecule has 0 radical (unpaired) electrons. The molecule has 4 N–H and O–H groups in total. The van der Waals surface area contributed by atoms with E-state index < -0.39 is 29.9 Å². The minimum absolute atomic E-state index is 0.0636. The smallest absolute Gasteiger partial charge is 0.269 e. The van der Waals surface area contributed by atoms with Gasteiger partial charge in [0.25, 0.3) is 18.2 Å². The summed E-state index contributed by atoms with van der Waals surface area (Å²) < 4.78 is 25.8. The molecule has 1 aromatic rings. The lowest BCUT2D eigenvalue weighted by Crippen LogP contribution is -2.61. The van der Waals surface area contributed by atoms with Crippen molar-refractivity contribution >= 4 is 17.9 Å². The van der Waals surface area contributed by atoms with Crippen molar-refractivity contribution in [2.75, 3.05) is 0 Å². The van der Waals surface area contributed by atoms with E-state index in [-0.39, 0.29) is 5.56 Å². The van der Waals surface area contributed by atoms with Gasteiger partial charge in [0.15, 0.2) is 5.60 Å². The van der Waals surface area contributed by atoms with Gasteiger partial charge >= 0.3 is 0 Å². The minimum Gasteiger partial charge on any atom is -0.381 e. The number of aliphatic hydroxyl groups is 1. The molecule has 0 aromatic heterocycles. The molecule has 0 aliphatic heterocycles. The molecule has 0 aliphatic carbocycles. The van der Waals surface area contributed by atoms with Gasteiger partial charge in [0.05, 0.1) is 0 Å². The standard InChI is InChI=1S/C16H16F2N2O4/c1-3-4-5-10-6-8-11(9-7-10)13(21)19-12(14(22)20-24)16(2,23)15(17)18/h1,4-9,12,15,23-24H,2H3,(H,19,21)(H,20,22)/b5-4+. The number of benzene rings is 1. The van der Waals surface area contributed by atoms with Gasteiger partial charge in [0.1, 0.15) is 6.04 Å². The number of hydrogen-bond acceptors (Lipinski definition) is 4. The second-order valence-electron chi connectivity index (χ2n) is 5.03. The zero-order valence-corrected chi connectivity index (χ0v) is 12.7. The Morgan fingerprint density at radius 2 is 1.92 bits per heavy atom. The Bertz CT molecular complexity index is 664. The molecule has 8 heteroatoms. The maximum atomic E-state index is 12.9. The largest absolute Gasteiger partial charge is 0.381 e. The van der Waals surface area contributed by atoms with Crippen molar-refractivity contribution in [3.05, 3.63) is 41.5 Å². The number of nitrogens with one attached hydrogen (secondary N) is 2. The number of carbonyl (C=O) groups is 2. The molecule has 0 heterocycles. The molecule has 2 unspecified atom stereocenters. The van der Waals surface area contributed by atoms with Crippen LogP contribution in [-0.4, -0.2) is 40.2 Å². The molecule has 0 saturated carbocycles. The second kappa shape index (κ2) is 8.19. The molecule has 0 spiro atoms. The van der Waals surface area contributed by atoms with E-state index in [1.54, 1.807) is 18.2 Å². The number of amides is 2. The van der Waals surface area contributed by atoms with Crippen LogP contribution < -0.4 is 10.8 Å². The molecule has 2 atom stereocenters. The quantitative estimate of drug-likeness (QED) is 0.353. The van der Waals surface area contributed by atoms with Crippen LogP contribution in [0.5, 0.6) is 0 Å². The van der Waals surface area contributed by atoms with E-state index in [9.17, 15) is 23.5 Å². The van der Waals surface area contributed by atoms with E-state index in [0.717, 1.165) is 5.48 Å². The van der Waals surface area contributed by atoms with E-state index >= 15 is 0 Å². The Labute approximate surface area is 137 Å². The number of hydroxylamine groups is 1. The lowest BCUT2D eigenvalue weighted by atomic mass is 9.95. The highest BCUT2D eigenvalue weighted by molar-refractivity contribution is 5.98. The molecule has 24 heavy (non-hydrogen) atoms. The van der Waals surface area contributed by atoms with Crippen LogP contribution in [0, 0.1) is 12.3 Å². The lowest BCUT2D eigenvalue weighted by Gasteiger charge is -2.30. The summed E-state index contributed by atoms with van der Waals surface area (Å²) in [5, 5.41) is 20.3. The first-order valence-corrected chi connectivity index (χ1v) is 6.72. The number of alkyl halides is 2. The van der Waals surface area contributed by atoms with Gasteiger partial charge in [-0.2, -0.15) is 0 Å². The first-order chi connectivity index (χ1) is 11.2. The van der Waals surface area contributed by atoms with Crippen LogP contribution in [0.2, 0.25) is 0 Å². The van der Waals surface area contributed by atoms with Crippen LogP contribution >= 0.6 is 0 Å². The van der Waals surface area contributed by atoms with Crippen LogP contribution in [0.4, 0.5) is 8.78 Å². The topological polar surface area (TPSA) is 98.7 Å². The normalized spacial score (nSPS) is 14.7. The third-order valence-electron chi connectivity index (χ3n) is 3.22. The van der Waals surface area contributed by atoms with Gasteiger partial charge in [-0.15, -0.1) is 6.42 Å². The van der Waals surface area contributed by atoms with Crippen LogP contribution in [0.15, 0.2) is 30.3 Å². The highest BCUT2D eigenvalue weighted by Crippen LogP contribution is 2.20. The first-order valence-electron chi connectivity index (χ1n) is 6.72. The van der Waals surface area contributed by atoms with Crippen molar-refractivity contribution in [2.24, 2.45) is 0 Å². The molecule has 2 amide bonds. The summed E-state index contributed by atoms with van der Waals surface area (Å²) in [6.07, 6.45) is 4.81. The number of hydrogen-bond donors (Lipinski definition) is 4. The van der Waals surface area contributed by atoms with Crippen LogP contribution in [0.25, 0.3) is 6.08 Å². The Kier molecular flexibility index (Phi) is 6.58. The fourth-order valence-corrected chi connectivity index (χ4v) is 1.77. The van der Waals surface area contributed by atoms with E-state index in [1.807, 2.05) is 5.32 Å². The number of allylic oxidation sites excluding steroid dienone is 1. The zero-order chi connectivity index (χ0) is 18.3. The summed E-state index contributed by atoms with van der Waals surface area (Å²) in [6.45, 7) is 0.672. The lowest BCUT2D eigenvalue weighted by molar-refractivity contribution is -0.149. The molecule has 1 aromatic carbocycles. The number of terminal acetylenes is 1. The molecule has 0 bridgehead atoms. The highest BCUT2D eigenvalue weighted by atomic mass is 19.3. The first kappa shape index (κ1) is 19.3. The van der Waals surface area contributed by atoms with Crippen LogP contribution in [0.3, 0.4) is 0 Å². The van der Waals surface area contributed by atoms with E-state index in [0.29, 0.717) is 12.5 Å². The van der Waals surface area contributed by atoms with Crippen molar-refractivity contribution in [3.8, 4) is 12.3 Å². The fraction of sp³-hybridized carbons (Fsp3) is 0.250. The third-order valence-corrected chi connectivity index (χ3v) is 3.22. The summed E-state index contributed by atoms with van der Waals surface area (Å²) in [5.74, 6) is 0.0483. The molecule has 1 rings (SSSR count). The van der Waals surface area contributed by atoms with Gasteiger partial charge in [0.2, 0.25) is 0 Å². The van der Waals surface area contributed by atoms with Gasteiger partial charge < -0.3 is 10.4 Å². The van der Waals surface area contributed by atoms with Crippen molar-refractivity contribution in [1.29, 1.82) is 0 Å². The minimum atomic E-state index is -3.34. The van der Waals surface area contributed by atoms with Gasteiger partial charge in [-0.25, -0.2) is 14.3 Å². The Balaban J connectivity index is 2.98. The third kappa shape index (κ3) is 4.62. The van der Waals surface area contributed by atoms with Crippen molar-refractivity contribution < 1.29 is 28.7 Å². The van der Waals surface area contributed by atoms with Gasteiger partial charge in [-0.3, -0.25) is 14.8 Å². The molecular weight excluding hydrogens is 322 g/mol. The summed E-state index contributed by atoms with van der Waals surface area (Å²) in [6, 6.07) is 3.81. The molecule has 0 saturated heterocycles. The number of carbonyl (C=O) groups excluding carboxylic acids is 2. The molecule has 0 fully saturated rings. The summed E-state index contributed by atoms with van der Waals surface area (Å²) in [7, 11) is 0. The SMILES string of the molecule is C#C/C=C/c1ccc(C(=O)NC(C(=O)NO)C(C)(O)C(F)F)cc1. The molecule has 6 nitrogen and oxygen atoms in total. The molecular formula is C16H16F2N2O4. The van der Waals surface area contributed by atoms with Crippen molar-refractivity contribution in [2.45, 2.75) is 25.0 Å². The maximum absolute atomic E-state index is 12.9. The Hall–Kier alpha value is -2.76. The predicted molar refractivity (Wildman–Crippen MR) is 82.1 cm³/mol. The van der Waals surface area contributed by atoms with Gasteiger partial charge in [-0.05, 0) is 36.8 Å². The second-order valence-corrected chi connectivity index (χ2v) is 5.03. The van der Waals surface area contributed by atoms with Crippen LogP contribution in [-0.2, 0) is 4.79 Å². The van der Waals surface area contributed by atoms with Crippen LogP contribution in [0.1, 0.15) is 22.8 Å². The van der Waals surface area contributed by atoms with E-state index in [4.69, 9.17) is 11.6 Å². The van der Waals surface area contributed by atoms with Crippen molar-refractivity contribution in [1.82, 2.24) is 10.8 Å². The fourth-order valence-electron chi connectivity index (χ4n) is 1.77. The Morgan fingerprint density at radius 3 is 2.38 bits per heavy atom. The molecule has 0 aliphatic rings. The predicted octanol–water partition coefficient (Wildman–Crippen LogP) is 0.953. The van der Waals surface area contributed by atoms with E-state index in [2.05, 4.69) is 5.92 Å². The number of halogens is 2.